The first-order valence-electron chi connectivity index (χ1n) is 8.09. The molecule has 0 aromatic heterocycles. The maximum atomic E-state index is 9.64. The highest BCUT2D eigenvalue weighted by molar-refractivity contribution is 5.16. The van der Waals surface area contributed by atoms with Crippen LogP contribution in [-0.4, -0.2) is 54.6 Å². The molecule has 0 saturated carbocycles. The molecule has 2 rings (SSSR count). The van der Waals surface area contributed by atoms with E-state index in [1.807, 2.05) is 44.2 Å². The summed E-state index contributed by atoms with van der Waals surface area (Å²) in [5.74, 6) is -0.235. The number of nitrogens with one attached hydrogen (secondary N) is 1. The van der Waals surface area contributed by atoms with Crippen LogP contribution in [0.2, 0.25) is 0 Å². The zero-order valence-corrected chi connectivity index (χ0v) is 14.4. The van der Waals surface area contributed by atoms with E-state index in [-0.39, 0.29) is 19.3 Å². The summed E-state index contributed by atoms with van der Waals surface area (Å²) < 4.78 is 17.2. The molecule has 3 atom stereocenters. The average molecular weight is 337 g/mol. The van der Waals surface area contributed by atoms with E-state index in [0.717, 1.165) is 5.56 Å². The minimum absolute atomic E-state index is 0.145. The summed E-state index contributed by atoms with van der Waals surface area (Å²) in [6.07, 6.45) is 0.670. The van der Waals surface area contributed by atoms with Gasteiger partial charge in [-0.3, -0.25) is 0 Å². The lowest BCUT2D eigenvalue weighted by Crippen LogP contribution is -2.47. The number of methoxy groups -OCH3 is 1. The van der Waals surface area contributed by atoms with Crippen molar-refractivity contribution in [2.45, 2.75) is 44.4 Å². The van der Waals surface area contributed by atoms with Gasteiger partial charge < -0.3 is 29.7 Å². The molecule has 1 aliphatic rings. The molecule has 1 fully saturated rings. The molecule has 6 heteroatoms. The standard InChI is InChI=1S/C18H27NO5/c1-18(2)23-15(12-21)17(24-18)16(14(22-3)9-10-20)19-11-13-7-5-4-6-8-13/h4-9,15-17,19-21H,10-12H2,1-3H3/b14-9+/t15-,16?,17-/m0/s1. The monoisotopic (exact) mass is 337 g/mol. The summed E-state index contributed by atoms with van der Waals surface area (Å²) in [7, 11) is 1.55. The van der Waals surface area contributed by atoms with Crippen molar-refractivity contribution in [3.8, 4) is 0 Å². The fourth-order valence-electron chi connectivity index (χ4n) is 2.92. The van der Waals surface area contributed by atoms with Gasteiger partial charge in [-0.2, -0.15) is 0 Å². The van der Waals surface area contributed by atoms with Gasteiger partial charge in [-0.05, 0) is 25.5 Å². The molecule has 0 spiro atoms. The lowest BCUT2D eigenvalue weighted by molar-refractivity contribution is -0.151. The van der Waals surface area contributed by atoms with E-state index in [1.165, 1.54) is 0 Å². The van der Waals surface area contributed by atoms with Crippen LogP contribution in [0.4, 0.5) is 0 Å². The number of aliphatic hydroxyl groups is 2. The van der Waals surface area contributed by atoms with Crippen LogP contribution in [0.15, 0.2) is 42.2 Å². The summed E-state index contributed by atoms with van der Waals surface area (Å²) in [5, 5.41) is 22.3. The molecular weight excluding hydrogens is 310 g/mol. The molecule has 1 saturated heterocycles. The normalized spacial score (nSPS) is 24.8. The topological polar surface area (TPSA) is 80.2 Å². The Balaban J connectivity index is 2.20. The number of hydrogen-bond acceptors (Lipinski definition) is 6. The Morgan fingerprint density at radius 3 is 2.58 bits per heavy atom. The Morgan fingerprint density at radius 1 is 1.29 bits per heavy atom. The second kappa shape index (κ2) is 8.60. The third-order valence-corrected chi connectivity index (χ3v) is 3.93. The quantitative estimate of drug-likeness (QED) is 0.618. The summed E-state index contributed by atoms with van der Waals surface area (Å²) >= 11 is 0. The van der Waals surface area contributed by atoms with Crippen LogP contribution < -0.4 is 5.32 Å². The Hall–Kier alpha value is -1.44. The molecule has 0 aliphatic carbocycles. The van der Waals surface area contributed by atoms with Crippen molar-refractivity contribution in [3.63, 3.8) is 0 Å². The highest BCUT2D eigenvalue weighted by Crippen LogP contribution is 2.32. The SMILES string of the molecule is CO/C(=C/CO)C(NCc1ccccc1)[C@H]1OC(C)(C)O[C@H]1CO. The molecule has 1 heterocycles. The van der Waals surface area contributed by atoms with E-state index in [4.69, 9.17) is 14.2 Å². The highest BCUT2D eigenvalue weighted by atomic mass is 16.8. The average Bonchev–Trinajstić information content (AvgIpc) is 2.89. The van der Waals surface area contributed by atoms with Gasteiger partial charge in [0.05, 0.1) is 26.4 Å². The van der Waals surface area contributed by atoms with Gasteiger partial charge in [0.2, 0.25) is 0 Å². The van der Waals surface area contributed by atoms with Crippen LogP contribution in [0, 0.1) is 0 Å². The molecule has 1 aromatic rings. The molecule has 1 aromatic carbocycles. The number of rotatable bonds is 8. The zero-order chi connectivity index (χ0) is 17.6. The predicted octanol–water partition coefficient (Wildman–Crippen LogP) is 1.18. The fraction of sp³-hybridized carbons (Fsp3) is 0.556. The van der Waals surface area contributed by atoms with Crippen molar-refractivity contribution < 1.29 is 24.4 Å². The van der Waals surface area contributed by atoms with Gasteiger partial charge in [0, 0.05) is 6.54 Å². The fourth-order valence-corrected chi connectivity index (χ4v) is 2.92. The predicted molar refractivity (Wildman–Crippen MR) is 90.2 cm³/mol. The highest BCUT2D eigenvalue weighted by Gasteiger charge is 2.46. The van der Waals surface area contributed by atoms with Crippen LogP contribution in [0.1, 0.15) is 19.4 Å². The van der Waals surface area contributed by atoms with E-state index in [2.05, 4.69) is 5.32 Å². The first kappa shape index (κ1) is 18.9. The summed E-state index contributed by atoms with van der Waals surface area (Å²) in [6.45, 7) is 3.91. The first-order chi connectivity index (χ1) is 11.5. The minimum Gasteiger partial charge on any atom is -0.500 e. The Kier molecular flexibility index (Phi) is 6.77. The molecule has 24 heavy (non-hydrogen) atoms. The molecule has 6 nitrogen and oxygen atoms in total. The van der Waals surface area contributed by atoms with Crippen molar-refractivity contribution >= 4 is 0 Å². The third-order valence-electron chi connectivity index (χ3n) is 3.93. The molecule has 0 amide bonds. The van der Waals surface area contributed by atoms with Crippen LogP contribution in [-0.2, 0) is 20.8 Å². The number of aliphatic hydroxyl groups excluding tert-OH is 2. The Morgan fingerprint density at radius 2 is 2.00 bits per heavy atom. The van der Waals surface area contributed by atoms with Crippen molar-refractivity contribution in [1.29, 1.82) is 0 Å². The van der Waals surface area contributed by atoms with Crippen molar-refractivity contribution in [3.05, 3.63) is 47.7 Å². The molecule has 0 bridgehead atoms. The molecular formula is C18H27NO5. The van der Waals surface area contributed by atoms with Crippen molar-refractivity contribution in [1.82, 2.24) is 5.32 Å². The van der Waals surface area contributed by atoms with Gasteiger partial charge in [-0.1, -0.05) is 30.3 Å². The van der Waals surface area contributed by atoms with E-state index < -0.39 is 18.0 Å². The zero-order valence-electron chi connectivity index (χ0n) is 14.4. The molecule has 1 aliphatic heterocycles. The maximum absolute atomic E-state index is 9.64. The second-order valence-corrected chi connectivity index (χ2v) is 6.16. The largest absolute Gasteiger partial charge is 0.500 e. The van der Waals surface area contributed by atoms with Gasteiger partial charge in [0.1, 0.15) is 18.0 Å². The van der Waals surface area contributed by atoms with E-state index in [9.17, 15) is 10.2 Å². The van der Waals surface area contributed by atoms with Crippen molar-refractivity contribution in [2.75, 3.05) is 20.3 Å². The van der Waals surface area contributed by atoms with Crippen molar-refractivity contribution in [2.24, 2.45) is 0 Å². The van der Waals surface area contributed by atoms with Gasteiger partial charge in [0.15, 0.2) is 5.79 Å². The van der Waals surface area contributed by atoms with Crippen LogP contribution in [0.5, 0.6) is 0 Å². The molecule has 134 valence electrons. The summed E-state index contributed by atoms with van der Waals surface area (Å²) in [6, 6.07) is 9.59. The number of hydrogen-bond donors (Lipinski definition) is 3. The van der Waals surface area contributed by atoms with Gasteiger partial charge >= 0.3 is 0 Å². The summed E-state index contributed by atoms with van der Waals surface area (Å²) in [5.41, 5.74) is 1.11. The Bertz CT molecular complexity index is 531. The molecule has 1 unspecified atom stereocenters. The van der Waals surface area contributed by atoms with E-state index >= 15 is 0 Å². The number of ether oxygens (including phenoxy) is 3. The Labute approximate surface area is 143 Å². The second-order valence-electron chi connectivity index (χ2n) is 6.16. The first-order valence-corrected chi connectivity index (χ1v) is 8.09. The van der Waals surface area contributed by atoms with Crippen LogP contribution >= 0.6 is 0 Å². The van der Waals surface area contributed by atoms with Crippen LogP contribution in [0.3, 0.4) is 0 Å². The maximum Gasteiger partial charge on any atom is 0.163 e. The molecule has 0 radical (unpaired) electrons. The smallest absolute Gasteiger partial charge is 0.163 e. The third kappa shape index (κ3) is 4.78. The lowest BCUT2D eigenvalue weighted by Gasteiger charge is -2.28. The van der Waals surface area contributed by atoms with Gasteiger partial charge in [-0.15, -0.1) is 0 Å². The minimum atomic E-state index is -0.789. The van der Waals surface area contributed by atoms with E-state index in [1.54, 1.807) is 13.2 Å². The number of benzene rings is 1. The van der Waals surface area contributed by atoms with Crippen LogP contribution in [0.25, 0.3) is 0 Å². The van der Waals surface area contributed by atoms with E-state index in [0.29, 0.717) is 12.3 Å². The van der Waals surface area contributed by atoms with Gasteiger partial charge in [0.25, 0.3) is 0 Å². The summed E-state index contributed by atoms with van der Waals surface area (Å²) in [4.78, 5) is 0. The molecule has 3 N–H and O–H groups in total. The lowest BCUT2D eigenvalue weighted by atomic mass is 10.0. The van der Waals surface area contributed by atoms with Gasteiger partial charge in [-0.25, -0.2) is 0 Å².